The van der Waals surface area contributed by atoms with Crippen LogP contribution < -0.4 is 16.4 Å². The maximum Gasteiger partial charge on any atom is 0.407 e. The fraction of sp³-hybridized carbons (Fsp3) is 0.833. The molecule has 1 aliphatic heterocycles. The number of nitrogens with zero attached hydrogens (tertiary/aromatic N) is 1. The van der Waals surface area contributed by atoms with Gasteiger partial charge < -0.3 is 26.0 Å². The average molecular weight is 561 g/mol. The molecule has 3 aliphatic carbocycles. The number of hydrogen-bond donors (Lipinski definition) is 3. The number of carbonyl (C=O) groups is 5. The summed E-state index contributed by atoms with van der Waals surface area (Å²) in [4.78, 5) is 66.8. The van der Waals surface area contributed by atoms with Crippen LogP contribution in [0.3, 0.4) is 0 Å². The molecule has 1 saturated heterocycles. The molecule has 0 bridgehead atoms. The van der Waals surface area contributed by atoms with E-state index in [1.165, 1.54) is 0 Å². The Morgan fingerprint density at radius 3 is 2.17 bits per heavy atom. The minimum Gasteiger partial charge on any atom is -0.449 e. The molecule has 10 heteroatoms. The molecular weight excluding hydrogens is 512 g/mol. The molecule has 1 heterocycles. The van der Waals surface area contributed by atoms with Crippen LogP contribution in [-0.4, -0.2) is 65.8 Å². The van der Waals surface area contributed by atoms with Gasteiger partial charge >= 0.3 is 6.09 Å². The summed E-state index contributed by atoms with van der Waals surface area (Å²) in [7, 11) is 0. The van der Waals surface area contributed by atoms with Crippen molar-refractivity contribution in [3.63, 3.8) is 0 Å². The third-order valence-electron chi connectivity index (χ3n) is 9.73. The molecule has 224 valence electrons. The molecule has 5 atom stereocenters. The van der Waals surface area contributed by atoms with E-state index in [-0.39, 0.29) is 47.0 Å². The number of piperidine rings is 1. The average Bonchev–Trinajstić information content (AvgIpc) is 3.19. The van der Waals surface area contributed by atoms with Crippen LogP contribution in [0.5, 0.6) is 0 Å². The molecule has 4 fully saturated rings. The number of hydrogen-bond acceptors (Lipinski definition) is 6. The van der Waals surface area contributed by atoms with Crippen molar-refractivity contribution in [3.05, 3.63) is 0 Å². The minimum absolute atomic E-state index is 0.0418. The Labute approximate surface area is 237 Å². The third kappa shape index (κ3) is 6.62. The van der Waals surface area contributed by atoms with Gasteiger partial charge in [-0.15, -0.1) is 0 Å². The van der Waals surface area contributed by atoms with Crippen LogP contribution in [-0.2, 0) is 23.9 Å². The van der Waals surface area contributed by atoms with Crippen molar-refractivity contribution in [3.8, 4) is 0 Å². The monoisotopic (exact) mass is 560 g/mol. The van der Waals surface area contributed by atoms with Crippen LogP contribution >= 0.6 is 0 Å². The molecule has 4 rings (SSSR count). The fourth-order valence-electron chi connectivity index (χ4n) is 7.01. The van der Waals surface area contributed by atoms with E-state index in [0.717, 1.165) is 51.4 Å². The van der Waals surface area contributed by atoms with Gasteiger partial charge in [-0.2, -0.15) is 0 Å². The van der Waals surface area contributed by atoms with Crippen molar-refractivity contribution in [2.24, 2.45) is 40.2 Å². The number of alkyl carbamates (subject to hydrolysis) is 1. The summed E-state index contributed by atoms with van der Waals surface area (Å²) in [5.74, 6) is -2.27. The molecule has 40 heavy (non-hydrogen) atoms. The summed E-state index contributed by atoms with van der Waals surface area (Å²) in [5.41, 5.74) is 4.97. The van der Waals surface area contributed by atoms with Gasteiger partial charge in [0, 0.05) is 6.54 Å². The largest absolute Gasteiger partial charge is 0.449 e. The fourth-order valence-corrected chi connectivity index (χ4v) is 7.01. The van der Waals surface area contributed by atoms with Crippen LogP contribution in [0.4, 0.5) is 4.79 Å². The van der Waals surface area contributed by atoms with Gasteiger partial charge in [-0.25, -0.2) is 4.79 Å². The lowest BCUT2D eigenvalue weighted by Crippen LogP contribution is -2.59. The number of ketones is 1. The molecule has 3 unspecified atom stereocenters. The standard InChI is InChI=1S/C30H48N4O6/c1-29(2,3)16-40-28(39)33-22(18-12-7-6-8-13-18)27(38)34-15-19-21(30(19,4)5)23(34)26(37)32-20(24(35)25(31)36)14-17-10-9-11-17/h17-23H,6-16H2,1-5H3,(H2,31,36)(H,32,37)(H,33,39)/t19?,20?,21?,22-,23-/m0/s1. The molecule has 4 N–H and O–H groups in total. The molecule has 0 radical (unpaired) electrons. The highest BCUT2D eigenvalue weighted by Crippen LogP contribution is 2.65. The summed E-state index contributed by atoms with van der Waals surface area (Å²) in [6.45, 7) is 10.7. The number of likely N-dealkylation sites (tertiary alicyclic amines) is 1. The van der Waals surface area contributed by atoms with Crippen molar-refractivity contribution in [1.82, 2.24) is 15.5 Å². The van der Waals surface area contributed by atoms with Crippen molar-refractivity contribution in [2.45, 2.75) is 111 Å². The predicted octanol–water partition coefficient (Wildman–Crippen LogP) is 2.92. The van der Waals surface area contributed by atoms with Gasteiger partial charge in [-0.1, -0.05) is 73.1 Å². The van der Waals surface area contributed by atoms with Crippen LogP contribution in [0.1, 0.15) is 92.4 Å². The van der Waals surface area contributed by atoms with Crippen molar-refractivity contribution < 1.29 is 28.7 Å². The first-order valence-corrected chi connectivity index (χ1v) is 15.1. The summed E-state index contributed by atoms with van der Waals surface area (Å²) < 4.78 is 5.45. The molecule has 4 amide bonds. The van der Waals surface area contributed by atoms with Crippen LogP contribution in [0.25, 0.3) is 0 Å². The lowest BCUT2D eigenvalue weighted by atomic mass is 9.80. The zero-order valence-electron chi connectivity index (χ0n) is 24.8. The Bertz CT molecular complexity index is 1010. The predicted molar refractivity (Wildman–Crippen MR) is 149 cm³/mol. The van der Waals surface area contributed by atoms with E-state index in [1.807, 2.05) is 20.8 Å². The molecule has 0 aromatic carbocycles. The third-order valence-corrected chi connectivity index (χ3v) is 9.73. The molecule has 0 aromatic rings. The Hall–Kier alpha value is -2.65. The summed E-state index contributed by atoms with van der Waals surface area (Å²) in [6.07, 6.45) is 7.39. The summed E-state index contributed by atoms with van der Waals surface area (Å²) >= 11 is 0. The molecule has 3 saturated carbocycles. The topological polar surface area (TPSA) is 148 Å². The number of fused-ring (bicyclic) bond motifs is 1. The number of amides is 4. The number of primary amides is 1. The second-order valence-corrected chi connectivity index (χ2v) is 14.4. The van der Waals surface area contributed by atoms with E-state index in [1.54, 1.807) is 4.90 Å². The first-order chi connectivity index (χ1) is 18.7. The highest BCUT2D eigenvalue weighted by atomic mass is 16.5. The Kier molecular flexibility index (Phi) is 8.85. The normalized spacial score (nSPS) is 27.5. The van der Waals surface area contributed by atoms with Crippen LogP contribution in [0, 0.1) is 34.5 Å². The Morgan fingerprint density at radius 1 is 0.975 bits per heavy atom. The molecule has 0 aromatic heterocycles. The summed E-state index contributed by atoms with van der Waals surface area (Å²) in [5, 5.41) is 5.68. The highest BCUT2D eigenvalue weighted by molar-refractivity contribution is 6.37. The number of rotatable bonds is 10. The van der Waals surface area contributed by atoms with Gasteiger partial charge in [0.05, 0.1) is 12.6 Å². The zero-order chi connectivity index (χ0) is 29.4. The number of nitrogens with two attached hydrogens (primary N) is 1. The lowest BCUT2D eigenvalue weighted by molar-refractivity contribution is -0.144. The number of Topliss-reactive ketones (excluding diaryl/α,β-unsaturated/α-hetero) is 1. The first kappa shape index (κ1) is 30.3. The van der Waals surface area contributed by atoms with Gasteiger partial charge in [0.15, 0.2) is 0 Å². The van der Waals surface area contributed by atoms with Crippen LogP contribution in [0.2, 0.25) is 0 Å². The van der Waals surface area contributed by atoms with Gasteiger partial charge in [-0.3, -0.25) is 19.2 Å². The lowest BCUT2D eigenvalue weighted by Gasteiger charge is -2.37. The number of ether oxygens (including phenoxy) is 1. The minimum atomic E-state index is -1.07. The van der Waals surface area contributed by atoms with E-state index >= 15 is 0 Å². The molecule has 4 aliphatic rings. The number of nitrogens with one attached hydrogen (secondary N) is 2. The zero-order valence-corrected chi connectivity index (χ0v) is 24.8. The Morgan fingerprint density at radius 2 is 1.62 bits per heavy atom. The molecular formula is C30H48N4O6. The smallest absolute Gasteiger partial charge is 0.407 e. The Balaban J connectivity index is 1.53. The number of carbonyl (C=O) groups excluding carboxylic acids is 5. The van der Waals surface area contributed by atoms with Crippen molar-refractivity contribution in [2.75, 3.05) is 13.2 Å². The van der Waals surface area contributed by atoms with Gasteiger partial charge in [0.25, 0.3) is 5.91 Å². The maximum absolute atomic E-state index is 14.2. The van der Waals surface area contributed by atoms with Gasteiger partial charge in [0.2, 0.25) is 17.6 Å². The van der Waals surface area contributed by atoms with Crippen molar-refractivity contribution >= 4 is 29.6 Å². The quantitative estimate of drug-likeness (QED) is 0.350. The maximum atomic E-state index is 14.2. The van der Waals surface area contributed by atoms with Gasteiger partial charge in [0.1, 0.15) is 12.1 Å². The van der Waals surface area contributed by atoms with E-state index in [0.29, 0.717) is 13.0 Å². The molecule has 0 spiro atoms. The second kappa shape index (κ2) is 11.7. The SMILES string of the molecule is CC(C)(C)COC(=O)N[C@H](C(=O)N1CC2C([C@H]1C(=O)NC(CC1CCC1)C(=O)C(N)=O)C2(C)C)C1CCCCC1. The van der Waals surface area contributed by atoms with Crippen LogP contribution in [0.15, 0.2) is 0 Å². The first-order valence-electron chi connectivity index (χ1n) is 15.1. The van der Waals surface area contributed by atoms with E-state index in [4.69, 9.17) is 10.5 Å². The molecule has 10 nitrogen and oxygen atoms in total. The van der Waals surface area contributed by atoms with Crippen molar-refractivity contribution in [1.29, 1.82) is 0 Å². The second-order valence-electron chi connectivity index (χ2n) is 14.4. The summed E-state index contributed by atoms with van der Waals surface area (Å²) in [6, 6.07) is -2.56. The van der Waals surface area contributed by atoms with E-state index < -0.39 is 41.8 Å². The van der Waals surface area contributed by atoms with Gasteiger partial charge in [-0.05, 0) is 53.8 Å². The highest BCUT2D eigenvalue weighted by Gasteiger charge is 2.69. The van der Waals surface area contributed by atoms with E-state index in [9.17, 15) is 24.0 Å². The van der Waals surface area contributed by atoms with E-state index in [2.05, 4.69) is 24.5 Å².